The first-order valence-corrected chi connectivity index (χ1v) is 9.84. The summed E-state index contributed by atoms with van der Waals surface area (Å²) in [4.78, 5) is 11.8. The third-order valence-corrected chi connectivity index (χ3v) is 5.93. The van der Waals surface area contributed by atoms with Gasteiger partial charge in [0.05, 0.1) is 12.6 Å². The zero-order valence-corrected chi connectivity index (χ0v) is 16.1. The minimum Gasteiger partial charge on any atom is -0.390 e. The molecule has 0 amide bonds. The quantitative estimate of drug-likeness (QED) is 0.831. The highest BCUT2D eigenvalue weighted by Crippen LogP contribution is 2.17. The minimum atomic E-state index is -0.235. The van der Waals surface area contributed by atoms with Crippen LogP contribution in [-0.4, -0.2) is 87.3 Å². The number of hydrogen-bond donors (Lipinski definition) is 1. The average Bonchev–Trinajstić information content (AvgIpc) is 2.97. The molecule has 3 rings (SSSR count). The van der Waals surface area contributed by atoms with Gasteiger partial charge in [-0.15, -0.1) is 0 Å². The topological polar surface area (TPSA) is 47.8 Å². The minimum absolute atomic E-state index is 0.235. The van der Waals surface area contributed by atoms with Crippen LogP contribution in [0.2, 0.25) is 0 Å². The largest absolute Gasteiger partial charge is 0.390 e. The Labute approximate surface area is 152 Å². The lowest BCUT2D eigenvalue weighted by Gasteiger charge is -2.41. The maximum atomic E-state index is 10.5. The van der Waals surface area contributed by atoms with E-state index < -0.39 is 0 Å². The van der Waals surface area contributed by atoms with Crippen LogP contribution < -0.4 is 0 Å². The van der Waals surface area contributed by atoms with E-state index in [-0.39, 0.29) is 6.10 Å². The van der Waals surface area contributed by atoms with Gasteiger partial charge in [-0.25, -0.2) is 4.98 Å². The van der Waals surface area contributed by atoms with Crippen molar-refractivity contribution in [2.24, 2.45) is 13.0 Å². The van der Waals surface area contributed by atoms with Crippen molar-refractivity contribution in [3.63, 3.8) is 0 Å². The van der Waals surface area contributed by atoms with Gasteiger partial charge in [-0.2, -0.15) is 0 Å². The van der Waals surface area contributed by atoms with Gasteiger partial charge < -0.3 is 14.6 Å². The molecular weight excluding hydrogens is 314 g/mol. The molecule has 25 heavy (non-hydrogen) atoms. The smallest absolute Gasteiger partial charge is 0.122 e. The number of imidazole rings is 1. The van der Waals surface area contributed by atoms with Gasteiger partial charge in [0.2, 0.25) is 0 Å². The number of nitrogens with zero attached hydrogens (tertiary/aromatic N) is 5. The lowest BCUT2D eigenvalue weighted by atomic mass is 9.99. The van der Waals surface area contributed by atoms with Crippen LogP contribution in [0.3, 0.4) is 0 Å². The Morgan fingerprint density at radius 3 is 2.48 bits per heavy atom. The third-order valence-electron chi connectivity index (χ3n) is 5.93. The fraction of sp³-hybridized carbons (Fsp3) is 0.842. The number of aromatic nitrogens is 2. The summed E-state index contributed by atoms with van der Waals surface area (Å²) in [5.74, 6) is 1.97. The number of piperidine rings is 1. The van der Waals surface area contributed by atoms with E-state index in [1.165, 1.54) is 12.8 Å². The highest BCUT2D eigenvalue weighted by atomic mass is 16.3. The number of β-amino-alcohol motifs (C(OH)–C–C–N with tert-alkyl or cyclic N) is 1. The number of aryl methyl sites for hydroxylation is 1. The van der Waals surface area contributed by atoms with Crippen molar-refractivity contribution >= 4 is 0 Å². The molecule has 0 aliphatic carbocycles. The molecule has 1 N–H and O–H groups in total. The molecule has 2 atom stereocenters. The second-order valence-electron chi connectivity index (χ2n) is 8.17. The van der Waals surface area contributed by atoms with Gasteiger partial charge in [-0.3, -0.25) is 9.80 Å². The van der Waals surface area contributed by atoms with Crippen molar-refractivity contribution in [1.82, 2.24) is 24.3 Å². The summed E-state index contributed by atoms with van der Waals surface area (Å²) in [7, 11) is 2.06. The van der Waals surface area contributed by atoms with E-state index in [0.717, 1.165) is 64.1 Å². The number of aliphatic hydroxyl groups is 1. The van der Waals surface area contributed by atoms with E-state index >= 15 is 0 Å². The van der Waals surface area contributed by atoms with Crippen molar-refractivity contribution in [3.05, 3.63) is 18.2 Å². The molecular formula is C19H35N5O. The molecule has 0 bridgehead atoms. The van der Waals surface area contributed by atoms with Gasteiger partial charge in [-0.05, 0) is 38.8 Å². The highest BCUT2D eigenvalue weighted by molar-refractivity contribution is 4.93. The molecule has 1 aromatic heterocycles. The van der Waals surface area contributed by atoms with E-state index in [1.807, 2.05) is 12.4 Å². The molecule has 0 spiro atoms. The molecule has 2 fully saturated rings. The summed E-state index contributed by atoms with van der Waals surface area (Å²) in [6.45, 7) is 12.5. The highest BCUT2D eigenvalue weighted by Gasteiger charge is 2.26. The third kappa shape index (κ3) is 5.26. The fourth-order valence-corrected chi connectivity index (χ4v) is 4.10. The number of likely N-dealkylation sites (tertiary alicyclic amines) is 1. The van der Waals surface area contributed by atoms with Gasteiger partial charge in [0.15, 0.2) is 0 Å². The summed E-state index contributed by atoms with van der Waals surface area (Å²) in [5, 5.41) is 10.5. The van der Waals surface area contributed by atoms with Crippen LogP contribution in [0.4, 0.5) is 0 Å². The van der Waals surface area contributed by atoms with Crippen molar-refractivity contribution in [2.45, 2.75) is 45.4 Å². The van der Waals surface area contributed by atoms with Gasteiger partial charge >= 0.3 is 0 Å². The van der Waals surface area contributed by atoms with E-state index in [0.29, 0.717) is 6.04 Å². The average molecular weight is 350 g/mol. The summed E-state index contributed by atoms with van der Waals surface area (Å²) in [6.07, 6.45) is 6.19. The number of rotatable bonds is 6. The standard InChI is InChI=1S/C19H35N5O/c1-16-4-7-22(8-5-16)13-18(25)14-23-10-11-24(17(2)12-23)15-19-20-6-9-21(19)3/h6,9,16-18,25H,4-5,7-8,10-15H2,1-3H3. The lowest BCUT2D eigenvalue weighted by molar-refractivity contribution is 0.0234. The zero-order chi connectivity index (χ0) is 17.8. The Morgan fingerprint density at radius 1 is 1.12 bits per heavy atom. The van der Waals surface area contributed by atoms with E-state index in [9.17, 15) is 5.11 Å². The molecule has 0 aromatic carbocycles. The van der Waals surface area contributed by atoms with Crippen molar-refractivity contribution < 1.29 is 5.11 Å². The number of hydrogen-bond acceptors (Lipinski definition) is 5. The van der Waals surface area contributed by atoms with Crippen LogP contribution in [0.25, 0.3) is 0 Å². The monoisotopic (exact) mass is 349 g/mol. The molecule has 2 saturated heterocycles. The Morgan fingerprint density at radius 2 is 1.84 bits per heavy atom. The summed E-state index contributed by atoms with van der Waals surface area (Å²) < 4.78 is 2.10. The predicted octanol–water partition coefficient (Wildman–Crippen LogP) is 1.02. The Bertz CT molecular complexity index is 526. The molecule has 6 heteroatoms. The van der Waals surface area contributed by atoms with E-state index in [1.54, 1.807) is 0 Å². The molecule has 2 aliphatic rings. The van der Waals surface area contributed by atoms with Crippen molar-refractivity contribution in [1.29, 1.82) is 0 Å². The van der Waals surface area contributed by atoms with Crippen molar-refractivity contribution in [3.8, 4) is 0 Å². The molecule has 2 unspecified atom stereocenters. The fourth-order valence-electron chi connectivity index (χ4n) is 4.10. The summed E-state index contributed by atoms with van der Waals surface area (Å²) >= 11 is 0. The predicted molar refractivity (Wildman–Crippen MR) is 100 cm³/mol. The Hall–Kier alpha value is -0.950. The van der Waals surface area contributed by atoms with Crippen LogP contribution in [0, 0.1) is 5.92 Å². The maximum absolute atomic E-state index is 10.5. The molecule has 0 radical (unpaired) electrons. The van der Waals surface area contributed by atoms with E-state index in [2.05, 4.69) is 45.1 Å². The molecule has 1 aromatic rings. The second kappa shape index (κ2) is 8.62. The van der Waals surface area contributed by atoms with Crippen LogP contribution in [0.15, 0.2) is 12.4 Å². The molecule has 6 nitrogen and oxygen atoms in total. The molecule has 3 heterocycles. The first-order chi connectivity index (χ1) is 12.0. The van der Waals surface area contributed by atoms with Crippen LogP contribution in [-0.2, 0) is 13.6 Å². The molecule has 142 valence electrons. The first-order valence-electron chi connectivity index (χ1n) is 9.84. The Balaban J connectivity index is 1.41. The number of aliphatic hydroxyl groups excluding tert-OH is 1. The summed E-state index contributed by atoms with van der Waals surface area (Å²) in [5.41, 5.74) is 0. The molecule has 0 saturated carbocycles. The first kappa shape index (κ1) is 18.8. The van der Waals surface area contributed by atoms with Crippen LogP contribution >= 0.6 is 0 Å². The lowest BCUT2D eigenvalue weighted by Crippen LogP contribution is -2.54. The SMILES string of the molecule is CC1CCN(CC(O)CN2CCN(Cc3nccn3C)C(C)C2)CC1. The second-order valence-corrected chi connectivity index (χ2v) is 8.17. The van der Waals surface area contributed by atoms with Gasteiger partial charge in [0.25, 0.3) is 0 Å². The van der Waals surface area contributed by atoms with Crippen molar-refractivity contribution in [2.75, 3.05) is 45.8 Å². The maximum Gasteiger partial charge on any atom is 0.122 e. The van der Waals surface area contributed by atoms with Gasteiger partial charge in [0, 0.05) is 58.2 Å². The van der Waals surface area contributed by atoms with Gasteiger partial charge in [0.1, 0.15) is 5.82 Å². The Kier molecular flexibility index (Phi) is 6.49. The zero-order valence-electron chi connectivity index (χ0n) is 16.1. The van der Waals surface area contributed by atoms with Crippen LogP contribution in [0.1, 0.15) is 32.5 Å². The number of piperazine rings is 1. The van der Waals surface area contributed by atoms with Gasteiger partial charge in [-0.1, -0.05) is 6.92 Å². The summed E-state index contributed by atoms with van der Waals surface area (Å²) in [6, 6.07) is 0.494. The van der Waals surface area contributed by atoms with Crippen LogP contribution in [0.5, 0.6) is 0 Å². The molecule has 2 aliphatic heterocycles. The normalized spacial score (nSPS) is 26.2. The van der Waals surface area contributed by atoms with E-state index in [4.69, 9.17) is 0 Å².